The highest BCUT2D eigenvalue weighted by Gasteiger charge is 2.17. The summed E-state index contributed by atoms with van der Waals surface area (Å²) in [6.07, 6.45) is 1.56. The second-order valence-electron chi connectivity index (χ2n) is 4.58. The largest absolute Gasteiger partial charge is 0.467 e. The second kappa shape index (κ2) is 6.23. The van der Waals surface area contributed by atoms with Gasteiger partial charge in [-0.05, 0) is 36.8 Å². The highest BCUT2D eigenvalue weighted by Crippen LogP contribution is 2.19. The van der Waals surface area contributed by atoms with Gasteiger partial charge in [-0.25, -0.2) is 9.18 Å². The molecule has 0 aliphatic heterocycles. The topological polar surface area (TPSA) is 45.5 Å². The Morgan fingerprint density at radius 3 is 2.65 bits per heavy atom. The average molecular weight is 276 g/mol. The zero-order valence-corrected chi connectivity index (χ0v) is 11.5. The van der Waals surface area contributed by atoms with Gasteiger partial charge in [0, 0.05) is 7.05 Å². The van der Waals surface area contributed by atoms with E-state index in [0.717, 1.165) is 5.56 Å². The lowest BCUT2D eigenvalue weighted by molar-refractivity contribution is 0.193. The third kappa shape index (κ3) is 3.38. The molecule has 0 aliphatic carbocycles. The van der Waals surface area contributed by atoms with Crippen LogP contribution in [0.2, 0.25) is 0 Å². The van der Waals surface area contributed by atoms with Gasteiger partial charge in [0.15, 0.2) is 0 Å². The van der Waals surface area contributed by atoms with Gasteiger partial charge in [0.25, 0.3) is 0 Å². The number of furan rings is 1. The number of carbonyl (C=O) groups is 1. The molecule has 0 spiro atoms. The smallest absolute Gasteiger partial charge is 0.318 e. The average Bonchev–Trinajstić information content (AvgIpc) is 2.97. The lowest BCUT2D eigenvalue weighted by atomic mass is 10.1. The lowest BCUT2D eigenvalue weighted by Gasteiger charge is -2.25. The molecule has 0 saturated carbocycles. The van der Waals surface area contributed by atoms with Crippen LogP contribution in [0, 0.1) is 5.82 Å². The molecule has 106 valence electrons. The Labute approximate surface area is 117 Å². The maximum atomic E-state index is 12.9. The van der Waals surface area contributed by atoms with E-state index in [4.69, 9.17) is 4.42 Å². The van der Waals surface area contributed by atoms with Gasteiger partial charge >= 0.3 is 6.03 Å². The maximum absolute atomic E-state index is 12.9. The van der Waals surface area contributed by atoms with Crippen LogP contribution in [0.5, 0.6) is 0 Å². The summed E-state index contributed by atoms with van der Waals surface area (Å²) in [5.74, 6) is 0.409. The van der Waals surface area contributed by atoms with E-state index in [2.05, 4.69) is 5.32 Å². The van der Waals surface area contributed by atoms with Gasteiger partial charge < -0.3 is 14.6 Å². The molecular formula is C15H17FN2O2. The van der Waals surface area contributed by atoms with Crippen molar-refractivity contribution in [2.75, 3.05) is 7.05 Å². The van der Waals surface area contributed by atoms with Gasteiger partial charge in [-0.2, -0.15) is 0 Å². The van der Waals surface area contributed by atoms with E-state index in [1.165, 1.54) is 12.1 Å². The molecule has 0 radical (unpaired) electrons. The third-order valence-electron chi connectivity index (χ3n) is 3.25. The quantitative estimate of drug-likeness (QED) is 0.931. The predicted molar refractivity (Wildman–Crippen MR) is 73.5 cm³/mol. The number of nitrogens with one attached hydrogen (secondary N) is 1. The fourth-order valence-electron chi connectivity index (χ4n) is 1.84. The van der Waals surface area contributed by atoms with Crippen molar-refractivity contribution in [3.63, 3.8) is 0 Å². The summed E-state index contributed by atoms with van der Waals surface area (Å²) in [7, 11) is 1.70. The van der Waals surface area contributed by atoms with Gasteiger partial charge in [0.2, 0.25) is 0 Å². The standard InChI is InChI=1S/C15H17FN2O2/c1-11(12-5-7-13(16)8-6-12)18(2)15(19)17-10-14-4-3-9-20-14/h3-9,11H,10H2,1-2H3,(H,17,19). The first-order valence-electron chi connectivity index (χ1n) is 6.36. The van der Waals surface area contributed by atoms with Gasteiger partial charge in [-0.3, -0.25) is 0 Å². The summed E-state index contributed by atoms with van der Waals surface area (Å²) in [5.41, 5.74) is 0.877. The van der Waals surface area contributed by atoms with Crippen LogP contribution in [0.4, 0.5) is 9.18 Å². The number of urea groups is 1. The fraction of sp³-hybridized carbons (Fsp3) is 0.267. The number of hydrogen-bond donors (Lipinski definition) is 1. The van der Waals surface area contributed by atoms with Crippen LogP contribution in [0.1, 0.15) is 24.3 Å². The number of nitrogens with zero attached hydrogens (tertiary/aromatic N) is 1. The fourth-order valence-corrected chi connectivity index (χ4v) is 1.84. The molecule has 4 nitrogen and oxygen atoms in total. The van der Waals surface area contributed by atoms with E-state index in [1.807, 2.05) is 6.92 Å². The molecule has 2 amide bonds. The zero-order valence-electron chi connectivity index (χ0n) is 11.5. The summed E-state index contributed by atoms with van der Waals surface area (Å²) in [4.78, 5) is 13.6. The van der Waals surface area contributed by atoms with Gasteiger partial charge in [0.05, 0.1) is 18.8 Å². The molecule has 1 aromatic heterocycles. The van der Waals surface area contributed by atoms with E-state index in [9.17, 15) is 9.18 Å². The zero-order chi connectivity index (χ0) is 14.5. The molecule has 1 atom stereocenters. The van der Waals surface area contributed by atoms with Gasteiger partial charge in [0.1, 0.15) is 11.6 Å². The van der Waals surface area contributed by atoms with Crippen molar-refractivity contribution < 1.29 is 13.6 Å². The highest BCUT2D eigenvalue weighted by molar-refractivity contribution is 5.74. The Morgan fingerprint density at radius 2 is 2.05 bits per heavy atom. The Hall–Kier alpha value is -2.30. The molecule has 0 aliphatic rings. The number of halogens is 1. The Morgan fingerprint density at radius 1 is 1.35 bits per heavy atom. The molecular weight excluding hydrogens is 259 g/mol. The molecule has 0 saturated heterocycles. The minimum Gasteiger partial charge on any atom is -0.467 e. The van der Waals surface area contributed by atoms with Crippen molar-refractivity contribution in [3.8, 4) is 0 Å². The molecule has 1 heterocycles. The molecule has 5 heteroatoms. The normalized spacial score (nSPS) is 11.9. The molecule has 1 aromatic carbocycles. The molecule has 0 bridgehead atoms. The number of amides is 2. The van der Waals surface area contributed by atoms with Crippen molar-refractivity contribution in [1.29, 1.82) is 0 Å². The summed E-state index contributed by atoms with van der Waals surface area (Å²) >= 11 is 0. The first-order valence-corrected chi connectivity index (χ1v) is 6.36. The number of benzene rings is 1. The lowest BCUT2D eigenvalue weighted by Crippen LogP contribution is -2.38. The van der Waals surface area contributed by atoms with Crippen LogP contribution in [0.3, 0.4) is 0 Å². The minimum atomic E-state index is -0.286. The highest BCUT2D eigenvalue weighted by atomic mass is 19.1. The number of carbonyl (C=O) groups excluding carboxylic acids is 1. The molecule has 1 unspecified atom stereocenters. The second-order valence-corrected chi connectivity index (χ2v) is 4.58. The minimum absolute atomic E-state index is 0.146. The van der Waals surface area contributed by atoms with Gasteiger partial charge in [-0.1, -0.05) is 12.1 Å². The van der Waals surface area contributed by atoms with E-state index in [-0.39, 0.29) is 17.9 Å². The predicted octanol–water partition coefficient (Wildman–Crippen LogP) is 3.32. The summed E-state index contributed by atoms with van der Waals surface area (Å²) in [6, 6.07) is 9.34. The number of rotatable bonds is 4. The third-order valence-corrected chi connectivity index (χ3v) is 3.25. The Kier molecular flexibility index (Phi) is 4.40. The summed E-state index contributed by atoms with van der Waals surface area (Å²) in [6.45, 7) is 2.23. The van der Waals surface area contributed by atoms with E-state index in [0.29, 0.717) is 12.3 Å². The Bertz CT molecular complexity index is 552. The van der Waals surface area contributed by atoms with Crippen LogP contribution >= 0.6 is 0 Å². The molecule has 2 rings (SSSR count). The first kappa shape index (κ1) is 14.1. The van der Waals surface area contributed by atoms with Crippen LogP contribution in [0.15, 0.2) is 47.1 Å². The van der Waals surface area contributed by atoms with Crippen molar-refractivity contribution >= 4 is 6.03 Å². The van der Waals surface area contributed by atoms with Crippen LogP contribution < -0.4 is 5.32 Å². The monoisotopic (exact) mass is 276 g/mol. The van der Waals surface area contributed by atoms with Crippen LogP contribution in [-0.4, -0.2) is 18.0 Å². The Balaban J connectivity index is 1.93. The van der Waals surface area contributed by atoms with Gasteiger partial charge in [-0.15, -0.1) is 0 Å². The van der Waals surface area contributed by atoms with Crippen molar-refractivity contribution in [1.82, 2.24) is 10.2 Å². The van der Waals surface area contributed by atoms with Crippen molar-refractivity contribution in [3.05, 3.63) is 59.8 Å². The first-order chi connectivity index (χ1) is 9.58. The summed E-state index contributed by atoms with van der Waals surface area (Å²) < 4.78 is 18.0. The molecule has 0 fully saturated rings. The van der Waals surface area contributed by atoms with Crippen LogP contribution in [-0.2, 0) is 6.54 Å². The van der Waals surface area contributed by atoms with E-state index < -0.39 is 0 Å². The number of hydrogen-bond acceptors (Lipinski definition) is 2. The van der Waals surface area contributed by atoms with E-state index >= 15 is 0 Å². The van der Waals surface area contributed by atoms with Crippen molar-refractivity contribution in [2.45, 2.75) is 19.5 Å². The molecule has 20 heavy (non-hydrogen) atoms. The SMILES string of the molecule is CC(c1ccc(F)cc1)N(C)C(=O)NCc1ccco1. The maximum Gasteiger partial charge on any atom is 0.318 e. The molecule has 1 N–H and O–H groups in total. The van der Waals surface area contributed by atoms with E-state index in [1.54, 1.807) is 42.5 Å². The summed E-state index contributed by atoms with van der Waals surface area (Å²) in [5, 5.41) is 2.77. The van der Waals surface area contributed by atoms with Crippen molar-refractivity contribution in [2.24, 2.45) is 0 Å². The van der Waals surface area contributed by atoms with Crippen LogP contribution in [0.25, 0.3) is 0 Å². The molecule has 2 aromatic rings.